The summed E-state index contributed by atoms with van der Waals surface area (Å²) in [7, 11) is 1.61. The highest BCUT2D eigenvalue weighted by Crippen LogP contribution is 2.45. The molecule has 2 heterocycles. The van der Waals surface area contributed by atoms with Crippen LogP contribution in [0.3, 0.4) is 0 Å². The second-order valence-electron chi connectivity index (χ2n) is 7.22. The van der Waals surface area contributed by atoms with Gasteiger partial charge in [-0.1, -0.05) is 30.3 Å². The number of hydrogen-bond acceptors (Lipinski definition) is 4. The summed E-state index contributed by atoms with van der Waals surface area (Å²) in [5.41, 5.74) is 1.82. The minimum atomic E-state index is -0.191. The largest absolute Gasteiger partial charge is 0.497 e. The summed E-state index contributed by atoms with van der Waals surface area (Å²) in [6.45, 7) is 1.96. The molecule has 2 aliphatic rings. The van der Waals surface area contributed by atoms with Crippen LogP contribution in [0.25, 0.3) is 0 Å². The number of likely N-dealkylation sites (tertiary alicyclic amines) is 1. The zero-order valence-electron chi connectivity index (χ0n) is 16.0. The number of hydrogen-bond donors (Lipinski definition) is 0. The molecule has 0 atom stereocenters. The van der Waals surface area contributed by atoms with Crippen LogP contribution in [0.5, 0.6) is 5.75 Å². The number of ether oxygens (including phenoxy) is 1. The van der Waals surface area contributed by atoms with Crippen molar-refractivity contribution in [3.63, 3.8) is 0 Å². The van der Waals surface area contributed by atoms with Gasteiger partial charge in [0.15, 0.2) is 0 Å². The van der Waals surface area contributed by atoms with E-state index in [4.69, 9.17) is 4.74 Å². The van der Waals surface area contributed by atoms with Gasteiger partial charge in [0, 0.05) is 25.2 Å². The Morgan fingerprint density at radius 2 is 1.75 bits per heavy atom. The van der Waals surface area contributed by atoms with E-state index < -0.39 is 0 Å². The molecule has 2 amide bonds. The molecule has 0 aromatic heterocycles. The molecule has 0 radical (unpaired) electrons. The number of carbonyl (C=O) groups excluding carboxylic acids is 2. The van der Waals surface area contributed by atoms with E-state index in [1.807, 2.05) is 40.1 Å². The molecule has 28 heavy (non-hydrogen) atoms. The zero-order valence-corrected chi connectivity index (χ0v) is 16.8. The molecule has 0 aliphatic carbocycles. The van der Waals surface area contributed by atoms with Crippen molar-refractivity contribution in [1.29, 1.82) is 0 Å². The van der Waals surface area contributed by atoms with Gasteiger partial charge in [0.2, 0.25) is 5.91 Å². The van der Waals surface area contributed by atoms with Crippen molar-refractivity contribution >= 4 is 23.6 Å². The van der Waals surface area contributed by atoms with Crippen molar-refractivity contribution in [3.8, 4) is 5.75 Å². The lowest BCUT2D eigenvalue weighted by Gasteiger charge is -2.44. The van der Waals surface area contributed by atoms with Crippen LogP contribution in [0.1, 0.15) is 28.8 Å². The Labute approximate surface area is 169 Å². The van der Waals surface area contributed by atoms with Crippen LogP contribution < -0.4 is 4.74 Å². The number of amides is 2. The minimum absolute atomic E-state index is 0.0430. The average molecular weight is 397 g/mol. The highest BCUT2D eigenvalue weighted by molar-refractivity contribution is 8.01. The molecule has 2 aliphatic heterocycles. The average Bonchev–Trinajstić information content (AvgIpc) is 3.04. The van der Waals surface area contributed by atoms with Crippen molar-refractivity contribution in [2.75, 3.05) is 26.0 Å². The molecule has 0 unspecified atom stereocenters. The third-order valence-electron chi connectivity index (χ3n) is 5.61. The molecule has 5 nitrogen and oxygen atoms in total. The summed E-state index contributed by atoms with van der Waals surface area (Å²) in [6, 6.07) is 17.4. The summed E-state index contributed by atoms with van der Waals surface area (Å²) in [6.07, 6.45) is 1.61. The molecule has 146 valence electrons. The van der Waals surface area contributed by atoms with E-state index in [0.29, 0.717) is 31.0 Å². The Kier molecular flexibility index (Phi) is 5.31. The predicted molar refractivity (Wildman–Crippen MR) is 110 cm³/mol. The van der Waals surface area contributed by atoms with Gasteiger partial charge in [-0.3, -0.25) is 9.59 Å². The first-order valence-electron chi connectivity index (χ1n) is 9.53. The first-order chi connectivity index (χ1) is 13.6. The van der Waals surface area contributed by atoms with Gasteiger partial charge in [-0.2, -0.15) is 0 Å². The van der Waals surface area contributed by atoms with Crippen molar-refractivity contribution in [1.82, 2.24) is 9.80 Å². The number of carbonyl (C=O) groups is 2. The molecular weight excluding hydrogens is 372 g/mol. The van der Waals surface area contributed by atoms with E-state index in [2.05, 4.69) is 12.1 Å². The Morgan fingerprint density at radius 3 is 2.39 bits per heavy atom. The fourth-order valence-corrected chi connectivity index (χ4v) is 5.31. The van der Waals surface area contributed by atoms with Gasteiger partial charge in [0.05, 0.1) is 17.7 Å². The van der Waals surface area contributed by atoms with Gasteiger partial charge in [-0.15, -0.1) is 11.8 Å². The summed E-state index contributed by atoms with van der Waals surface area (Å²) >= 11 is 1.74. The quantitative estimate of drug-likeness (QED) is 0.795. The molecule has 2 fully saturated rings. The van der Waals surface area contributed by atoms with Gasteiger partial charge in [-0.25, -0.2) is 0 Å². The minimum Gasteiger partial charge on any atom is -0.497 e. The first kappa shape index (κ1) is 18.9. The fourth-order valence-electron chi connectivity index (χ4n) is 3.97. The normalized spacial score (nSPS) is 18.5. The Morgan fingerprint density at radius 1 is 1.07 bits per heavy atom. The number of nitrogens with zero attached hydrogens (tertiary/aromatic N) is 2. The Hall–Kier alpha value is -2.47. The molecule has 0 saturated carbocycles. The second kappa shape index (κ2) is 7.87. The SMILES string of the molecule is COc1ccc(C(=O)N2CCC3(CC2)SCC(=O)N3Cc2ccccc2)cc1. The second-order valence-corrected chi connectivity index (χ2v) is 8.56. The van der Waals surface area contributed by atoms with Gasteiger partial charge < -0.3 is 14.5 Å². The summed E-state index contributed by atoms with van der Waals surface area (Å²) in [5.74, 6) is 1.51. The van der Waals surface area contributed by atoms with E-state index in [1.54, 1.807) is 31.0 Å². The smallest absolute Gasteiger partial charge is 0.253 e. The van der Waals surface area contributed by atoms with Crippen molar-refractivity contribution < 1.29 is 14.3 Å². The van der Waals surface area contributed by atoms with Crippen LogP contribution in [-0.2, 0) is 11.3 Å². The van der Waals surface area contributed by atoms with Crippen LogP contribution in [0, 0.1) is 0 Å². The van der Waals surface area contributed by atoms with Crippen LogP contribution in [0.2, 0.25) is 0 Å². The van der Waals surface area contributed by atoms with Gasteiger partial charge in [-0.05, 0) is 42.7 Å². The summed E-state index contributed by atoms with van der Waals surface area (Å²) in [4.78, 5) is 29.1. The van der Waals surface area contributed by atoms with E-state index in [1.165, 1.54) is 0 Å². The van der Waals surface area contributed by atoms with Crippen molar-refractivity contribution in [2.45, 2.75) is 24.3 Å². The number of benzene rings is 2. The van der Waals surface area contributed by atoms with E-state index in [0.717, 1.165) is 24.2 Å². The number of piperidine rings is 1. The standard InChI is InChI=1S/C22H24N2O3S/c1-27-19-9-7-18(8-10-19)21(26)23-13-11-22(12-14-23)24(20(25)16-28-22)15-17-5-3-2-4-6-17/h2-10H,11-16H2,1H3. The molecule has 2 aromatic rings. The highest BCUT2D eigenvalue weighted by atomic mass is 32.2. The van der Waals surface area contributed by atoms with Gasteiger partial charge in [0.1, 0.15) is 5.75 Å². The van der Waals surface area contributed by atoms with Crippen LogP contribution in [0.15, 0.2) is 54.6 Å². The molecule has 1 spiro atoms. The van der Waals surface area contributed by atoms with Gasteiger partial charge in [0.25, 0.3) is 5.91 Å². The monoisotopic (exact) mass is 396 g/mol. The number of thioether (sulfide) groups is 1. The third kappa shape index (κ3) is 3.61. The summed E-state index contributed by atoms with van der Waals surface area (Å²) in [5, 5.41) is 0. The Balaban J connectivity index is 1.44. The van der Waals surface area contributed by atoms with E-state index >= 15 is 0 Å². The molecule has 6 heteroatoms. The Bertz CT molecular complexity index is 846. The van der Waals surface area contributed by atoms with Gasteiger partial charge >= 0.3 is 0 Å². The number of rotatable bonds is 4. The molecule has 0 N–H and O–H groups in total. The zero-order chi connectivity index (χ0) is 19.6. The molecule has 0 bridgehead atoms. The fraction of sp³-hybridized carbons (Fsp3) is 0.364. The number of methoxy groups -OCH3 is 1. The lowest BCUT2D eigenvalue weighted by Crippen LogP contribution is -2.52. The maximum Gasteiger partial charge on any atom is 0.253 e. The topological polar surface area (TPSA) is 49.9 Å². The first-order valence-corrected chi connectivity index (χ1v) is 10.5. The molecular formula is C22H24N2O3S. The van der Waals surface area contributed by atoms with E-state index in [9.17, 15) is 9.59 Å². The lowest BCUT2D eigenvalue weighted by atomic mass is 10.00. The predicted octanol–water partition coefficient (Wildman–Crippen LogP) is 3.40. The van der Waals surface area contributed by atoms with Crippen LogP contribution in [0.4, 0.5) is 0 Å². The summed E-state index contributed by atoms with van der Waals surface area (Å²) < 4.78 is 5.16. The van der Waals surface area contributed by atoms with Crippen LogP contribution >= 0.6 is 11.8 Å². The third-order valence-corrected chi connectivity index (χ3v) is 7.17. The molecule has 4 rings (SSSR count). The van der Waals surface area contributed by atoms with Crippen molar-refractivity contribution in [3.05, 3.63) is 65.7 Å². The van der Waals surface area contributed by atoms with E-state index in [-0.39, 0.29) is 16.7 Å². The lowest BCUT2D eigenvalue weighted by molar-refractivity contribution is -0.131. The molecule has 2 aromatic carbocycles. The van der Waals surface area contributed by atoms with Crippen LogP contribution in [-0.4, -0.2) is 52.4 Å². The maximum absolute atomic E-state index is 12.8. The highest BCUT2D eigenvalue weighted by Gasteiger charge is 2.48. The van der Waals surface area contributed by atoms with Crippen molar-refractivity contribution in [2.24, 2.45) is 0 Å². The maximum atomic E-state index is 12.8. The molecule has 2 saturated heterocycles.